The third kappa shape index (κ3) is 4.73. The molecule has 0 aliphatic heterocycles. The minimum atomic E-state index is -0.252. The van der Waals surface area contributed by atoms with Crippen LogP contribution in [-0.2, 0) is 0 Å². The monoisotopic (exact) mass is 376 g/mol. The van der Waals surface area contributed by atoms with Crippen molar-refractivity contribution in [3.05, 3.63) is 57.6 Å². The molecule has 0 aromatic heterocycles. The zero-order valence-electron chi connectivity index (χ0n) is 13.6. The Labute approximate surface area is 145 Å². The van der Waals surface area contributed by atoms with Gasteiger partial charge in [0, 0.05) is 4.47 Å². The fraction of sp³-hybridized carbons (Fsp3) is 0.278. The molecule has 0 heterocycles. The molecule has 23 heavy (non-hydrogen) atoms. The van der Waals surface area contributed by atoms with Gasteiger partial charge in [-0.15, -0.1) is 0 Å². The van der Waals surface area contributed by atoms with E-state index in [1.807, 2.05) is 44.2 Å². The van der Waals surface area contributed by atoms with E-state index in [0.717, 1.165) is 27.0 Å². The minimum absolute atomic E-state index is 0.252. The van der Waals surface area contributed by atoms with Crippen LogP contribution in [0, 0.1) is 20.8 Å². The Hall–Kier alpha value is -2.01. The number of rotatable bonds is 5. The van der Waals surface area contributed by atoms with Crippen LogP contribution in [0.15, 0.2) is 40.9 Å². The molecule has 0 bridgehead atoms. The van der Waals surface area contributed by atoms with E-state index in [1.165, 1.54) is 5.56 Å². The molecule has 0 aliphatic carbocycles. The van der Waals surface area contributed by atoms with E-state index in [2.05, 4.69) is 39.6 Å². The van der Waals surface area contributed by atoms with Crippen LogP contribution in [0.2, 0.25) is 0 Å². The Kier molecular flexibility index (Phi) is 6.04. The number of para-hydroxylation sites is 1. The Balaban J connectivity index is 1.81. The van der Waals surface area contributed by atoms with Gasteiger partial charge in [-0.05, 0) is 65.5 Å². The van der Waals surface area contributed by atoms with Gasteiger partial charge in [-0.2, -0.15) is 0 Å². The summed E-state index contributed by atoms with van der Waals surface area (Å²) in [4.78, 5) is 11.9. The highest BCUT2D eigenvalue weighted by Crippen LogP contribution is 2.25. The lowest BCUT2D eigenvalue weighted by Gasteiger charge is -2.14. The fourth-order valence-corrected chi connectivity index (χ4v) is 2.58. The van der Waals surface area contributed by atoms with Gasteiger partial charge in [-0.1, -0.05) is 24.3 Å². The van der Waals surface area contributed by atoms with Crippen LogP contribution < -0.4 is 15.4 Å². The topological polar surface area (TPSA) is 50.4 Å². The number of carbonyl (C=O) groups is 1. The molecule has 0 unspecified atom stereocenters. The standard InChI is InChI=1S/C18H21BrN2O2/c1-12-8-9-13(2)17(14(12)3)23-11-10-20-18(22)21-16-7-5-4-6-15(16)19/h4-9H,10-11H2,1-3H3,(H2,20,21,22). The van der Waals surface area contributed by atoms with E-state index in [0.29, 0.717) is 13.2 Å². The number of nitrogens with one attached hydrogen (secondary N) is 2. The Bertz CT molecular complexity index is 701. The Morgan fingerprint density at radius 3 is 2.52 bits per heavy atom. The molecular formula is C18H21BrN2O2. The maximum atomic E-state index is 11.9. The summed E-state index contributed by atoms with van der Waals surface area (Å²) in [7, 11) is 0. The van der Waals surface area contributed by atoms with E-state index in [4.69, 9.17) is 4.74 Å². The number of aryl methyl sites for hydroxylation is 2. The number of ether oxygens (including phenoxy) is 1. The predicted molar refractivity (Wildman–Crippen MR) is 97.3 cm³/mol. The summed E-state index contributed by atoms with van der Waals surface area (Å²) < 4.78 is 6.67. The first-order valence-electron chi connectivity index (χ1n) is 7.48. The molecular weight excluding hydrogens is 356 g/mol. The number of halogens is 1. The molecule has 2 aromatic rings. The van der Waals surface area contributed by atoms with Crippen molar-refractivity contribution >= 4 is 27.6 Å². The maximum Gasteiger partial charge on any atom is 0.319 e. The van der Waals surface area contributed by atoms with Crippen molar-refractivity contribution in [1.82, 2.24) is 5.32 Å². The quantitative estimate of drug-likeness (QED) is 0.750. The summed E-state index contributed by atoms with van der Waals surface area (Å²) in [5, 5.41) is 5.57. The van der Waals surface area contributed by atoms with Gasteiger partial charge in [-0.3, -0.25) is 0 Å². The summed E-state index contributed by atoms with van der Waals surface area (Å²) in [6.07, 6.45) is 0. The third-order valence-corrected chi connectivity index (χ3v) is 4.32. The number of carbonyl (C=O) groups excluding carboxylic acids is 1. The van der Waals surface area contributed by atoms with E-state index in [1.54, 1.807) is 0 Å². The third-order valence-electron chi connectivity index (χ3n) is 3.63. The van der Waals surface area contributed by atoms with E-state index in [-0.39, 0.29) is 6.03 Å². The number of urea groups is 1. The molecule has 0 fully saturated rings. The summed E-state index contributed by atoms with van der Waals surface area (Å²) in [6.45, 7) is 6.99. The molecule has 0 atom stereocenters. The summed E-state index contributed by atoms with van der Waals surface area (Å²) >= 11 is 3.39. The van der Waals surface area contributed by atoms with Crippen molar-refractivity contribution in [3.63, 3.8) is 0 Å². The lowest BCUT2D eigenvalue weighted by atomic mass is 10.1. The molecule has 5 heteroatoms. The Morgan fingerprint density at radius 2 is 1.78 bits per heavy atom. The van der Waals surface area contributed by atoms with Gasteiger partial charge in [-0.25, -0.2) is 4.79 Å². The van der Waals surface area contributed by atoms with Gasteiger partial charge in [0.1, 0.15) is 12.4 Å². The van der Waals surface area contributed by atoms with Crippen molar-refractivity contribution in [3.8, 4) is 5.75 Å². The van der Waals surface area contributed by atoms with Crippen molar-refractivity contribution < 1.29 is 9.53 Å². The van der Waals surface area contributed by atoms with E-state index in [9.17, 15) is 4.79 Å². The number of anilines is 1. The van der Waals surface area contributed by atoms with Crippen molar-refractivity contribution in [2.45, 2.75) is 20.8 Å². The van der Waals surface area contributed by atoms with Crippen LogP contribution in [0.3, 0.4) is 0 Å². The molecule has 0 radical (unpaired) electrons. The number of hydrogen-bond donors (Lipinski definition) is 2. The van der Waals surface area contributed by atoms with Crippen LogP contribution >= 0.6 is 15.9 Å². The SMILES string of the molecule is Cc1ccc(C)c(OCCNC(=O)Nc2ccccc2Br)c1C. The predicted octanol–water partition coefficient (Wildman–Crippen LogP) is 4.57. The number of amides is 2. The average Bonchev–Trinajstić information content (AvgIpc) is 2.52. The molecule has 0 aliphatic rings. The second-order valence-corrected chi connectivity index (χ2v) is 6.22. The first-order valence-corrected chi connectivity index (χ1v) is 8.27. The highest BCUT2D eigenvalue weighted by atomic mass is 79.9. The second kappa shape index (κ2) is 8.02. The molecule has 2 aromatic carbocycles. The van der Waals surface area contributed by atoms with Gasteiger partial charge in [0.05, 0.1) is 12.2 Å². The van der Waals surface area contributed by atoms with E-state index >= 15 is 0 Å². The van der Waals surface area contributed by atoms with E-state index < -0.39 is 0 Å². The van der Waals surface area contributed by atoms with Gasteiger partial charge < -0.3 is 15.4 Å². The molecule has 2 rings (SSSR count). The van der Waals surface area contributed by atoms with Gasteiger partial charge in [0.25, 0.3) is 0 Å². The molecule has 0 saturated carbocycles. The van der Waals surface area contributed by atoms with Crippen LogP contribution in [0.4, 0.5) is 10.5 Å². The molecule has 0 saturated heterocycles. The van der Waals surface area contributed by atoms with Gasteiger partial charge in [0.2, 0.25) is 0 Å². The number of benzene rings is 2. The highest BCUT2D eigenvalue weighted by Gasteiger charge is 2.07. The van der Waals surface area contributed by atoms with Crippen molar-refractivity contribution in [2.24, 2.45) is 0 Å². The van der Waals surface area contributed by atoms with Gasteiger partial charge in [0.15, 0.2) is 0 Å². The lowest BCUT2D eigenvalue weighted by molar-refractivity contribution is 0.247. The highest BCUT2D eigenvalue weighted by molar-refractivity contribution is 9.10. The largest absolute Gasteiger partial charge is 0.491 e. The normalized spacial score (nSPS) is 10.3. The molecule has 4 nitrogen and oxygen atoms in total. The molecule has 122 valence electrons. The van der Waals surface area contributed by atoms with Crippen LogP contribution in [0.25, 0.3) is 0 Å². The summed E-state index contributed by atoms with van der Waals surface area (Å²) in [5.41, 5.74) is 4.18. The fourth-order valence-electron chi connectivity index (χ4n) is 2.19. The maximum absolute atomic E-state index is 11.9. The zero-order chi connectivity index (χ0) is 16.8. The molecule has 0 spiro atoms. The van der Waals surface area contributed by atoms with Crippen LogP contribution in [0.5, 0.6) is 5.75 Å². The smallest absolute Gasteiger partial charge is 0.319 e. The molecule has 2 amide bonds. The summed E-state index contributed by atoms with van der Waals surface area (Å²) in [6, 6.07) is 11.4. The Morgan fingerprint density at radius 1 is 1.09 bits per heavy atom. The first kappa shape index (κ1) is 17.3. The summed E-state index contributed by atoms with van der Waals surface area (Å²) in [5.74, 6) is 0.901. The second-order valence-electron chi connectivity index (χ2n) is 5.36. The lowest BCUT2D eigenvalue weighted by Crippen LogP contribution is -2.32. The average molecular weight is 377 g/mol. The van der Waals surface area contributed by atoms with Gasteiger partial charge >= 0.3 is 6.03 Å². The first-order chi connectivity index (χ1) is 11.0. The van der Waals surface area contributed by atoms with Crippen molar-refractivity contribution in [2.75, 3.05) is 18.5 Å². The van der Waals surface area contributed by atoms with Crippen LogP contribution in [-0.4, -0.2) is 19.2 Å². The molecule has 2 N–H and O–H groups in total. The zero-order valence-corrected chi connectivity index (χ0v) is 15.2. The van der Waals surface area contributed by atoms with Crippen LogP contribution in [0.1, 0.15) is 16.7 Å². The minimum Gasteiger partial charge on any atom is -0.491 e. The van der Waals surface area contributed by atoms with Crippen molar-refractivity contribution in [1.29, 1.82) is 0 Å². The number of hydrogen-bond acceptors (Lipinski definition) is 2.